The molecule has 0 saturated heterocycles. The molecule has 2 amide bonds. The van der Waals surface area contributed by atoms with Crippen LogP contribution in [-0.4, -0.2) is 46.3 Å². The quantitative estimate of drug-likeness (QED) is 0.213. The molecule has 8 nitrogen and oxygen atoms in total. The van der Waals surface area contributed by atoms with Crippen molar-refractivity contribution in [3.63, 3.8) is 0 Å². The largest absolute Gasteiger partial charge is 0.445 e. The number of benzene rings is 2. The van der Waals surface area contributed by atoms with Gasteiger partial charge in [0, 0.05) is 17.5 Å². The normalized spacial score (nSPS) is 11.3. The number of thiazole rings is 1. The van der Waals surface area contributed by atoms with E-state index in [9.17, 15) is 9.59 Å². The third kappa shape index (κ3) is 9.08. The highest BCUT2D eigenvalue weighted by atomic mass is 32.1. The Balaban J connectivity index is 1.57. The molecule has 35 heavy (non-hydrogen) atoms. The number of nitrogens with one attached hydrogen (secondary N) is 3. The van der Waals surface area contributed by atoms with Crippen LogP contribution in [0.25, 0.3) is 11.3 Å². The Morgan fingerprint density at radius 1 is 1.06 bits per heavy atom. The van der Waals surface area contributed by atoms with Crippen molar-refractivity contribution in [1.82, 2.24) is 15.6 Å². The molecule has 0 aliphatic heterocycles. The summed E-state index contributed by atoms with van der Waals surface area (Å²) in [7, 11) is 0. The smallest absolute Gasteiger partial charge is 0.408 e. The van der Waals surface area contributed by atoms with Gasteiger partial charge in [-0.3, -0.25) is 4.79 Å². The van der Waals surface area contributed by atoms with E-state index in [4.69, 9.17) is 22.1 Å². The van der Waals surface area contributed by atoms with E-state index in [1.165, 1.54) is 11.3 Å². The second-order valence-corrected chi connectivity index (χ2v) is 9.01. The molecule has 0 bridgehead atoms. The van der Waals surface area contributed by atoms with Crippen LogP contribution in [0.4, 0.5) is 9.93 Å². The van der Waals surface area contributed by atoms with Crippen LogP contribution in [0.5, 0.6) is 0 Å². The molecule has 4 N–H and O–H groups in total. The van der Waals surface area contributed by atoms with Crippen molar-refractivity contribution in [1.29, 1.82) is 0 Å². The Hall–Kier alpha value is -3.34. The first kappa shape index (κ1) is 26.3. The molecule has 184 valence electrons. The van der Waals surface area contributed by atoms with Gasteiger partial charge in [0.15, 0.2) is 5.13 Å². The average Bonchev–Trinajstić information content (AvgIpc) is 3.36. The summed E-state index contributed by atoms with van der Waals surface area (Å²) in [5, 5.41) is 19.7. The third-order valence-corrected chi connectivity index (χ3v) is 6.04. The Morgan fingerprint density at radius 2 is 1.77 bits per heavy atom. The predicted octanol–water partition coefficient (Wildman–Crippen LogP) is 4.12. The summed E-state index contributed by atoms with van der Waals surface area (Å²) < 4.78 is 5.29. The summed E-state index contributed by atoms with van der Waals surface area (Å²) >= 11 is 6.25. The number of hydrogen-bond acceptors (Lipinski definition) is 7. The zero-order chi connectivity index (χ0) is 24.9. The lowest BCUT2D eigenvalue weighted by Crippen LogP contribution is -2.44. The highest BCUT2D eigenvalue weighted by Crippen LogP contribution is 2.24. The summed E-state index contributed by atoms with van der Waals surface area (Å²) in [6.45, 7) is 0.476. The molecule has 1 atom stereocenters. The Kier molecular flexibility index (Phi) is 10.6. The molecule has 3 rings (SSSR count). The molecular weight excluding hydrogens is 484 g/mol. The second kappa shape index (κ2) is 14.1. The molecule has 0 aliphatic rings. The van der Waals surface area contributed by atoms with Gasteiger partial charge >= 0.3 is 6.09 Å². The summed E-state index contributed by atoms with van der Waals surface area (Å²) in [5.74, 6) is -0.366. The highest BCUT2D eigenvalue weighted by molar-refractivity contribution is 7.80. The second-order valence-electron chi connectivity index (χ2n) is 7.66. The Bertz CT molecular complexity index is 1090. The van der Waals surface area contributed by atoms with E-state index in [1.807, 2.05) is 66.0 Å². The van der Waals surface area contributed by atoms with Crippen molar-refractivity contribution in [3.05, 3.63) is 71.6 Å². The fourth-order valence-electron chi connectivity index (χ4n) is 3.20. The number of thiocarbonyl (C=S) groups is 1. The molecule has 1 aromatic heterocycles. The topological polar surface area (TPSA) is 113 Å². The van der Waals surface area contributed by atoms with E-state index in [0.717, 1.165) is 16.8 Å². The molecule has 0 radical (unpaired) electrons. The number of ether oxygens (including phenoxy) is 1. The fraction of sp³-hybridized carbons (Fsp3) is 0.280. The summed E-state index contributed by atoms with van der Waals surface area (Å²) in [6, 6.07) is 18.2. The maximum Gasteiger partial charge on any atom is 0.408 e. The zero-order valence-electron chi connectivity index (χ0n) is 19.1. The summed E-state index contributed by atoms with van der Waals surface area (Å²) in [6.07, 6.45) is 1.08. The Morgan fingerprint density at radius 3 is 2.49 bits per heavy atom. The van der Waals surface area contributed by atoms with Gasteiger partial charge in [-0.1, -0.05) is 72.9 Å². The van der Waals surface area contributed by atoms with E-state index < -0.39 is 12.1 Å². The summed E-state index contributed by atoms with van der Waals surface area (Å²) in [4.78, 5) is 30.3. The molecule has 0 saturated carbocycles. The first-order valence-corrected chi connectivity index (χ1v) is 12.5. The van der Waals surface area contributed by atoms with Crippen LogP contribution in [-0.2, 0) is 16.1 Å². The van der Waals surface area contributed by atoms with Crippen LogP contribution in [0.15, 0.2) is 66.0 Å². The summed E-state index contributed by atoms with van der Waals surface area (Å²) in [5.41, 5.74) is 2.58. The van der Waals surface area contributed by atoms with Gasteiger partial charge in [0.2, 0.25) is 5.91 Å². The van der Waals surface area contributed by atoms with Crippen LogP contribution in [0.3, 0.4) is 0 Å². The molecule has 1 heterocycles. The minimum absolute atomic E-state index is 0.108. The van der Waals surface area contributed by atoms with Crippen LogP contribution >= 0.6 is 23.6 Å². The van der Waals surface area contributed by atoms with Crippen LogP contribution in [0, 0.1) is 0 Å². The minimum atomic E-state index is -0.799. The van der Waals surface area contributed by atoms with Crippen molar-refractivity contribution >= 4 is 45.7 Å². The van der Waals surface area contributed by atoms with E-state index in [-0.39, 0.29) is 19.1 Å². The van der Waals surface area contributed by atoms with Gasteiger partial charge in [0.05, 0.1) is 12.3 Å². The number of rotatable bonds is 12. The standard InChI is InChI=1S/C25H28N4O4S2/c30-15-22(34)26-14-8-7-13-20(28-25(32)33-16-18-9-3-1-4-10-18)23(31)29-24-27-21(17-35-24)19-11-5-2-6-12-19/h1-6,9-12,17,20,30H,7-8,13-16H2,(H,26,34)(H,28,32)(H,27,29,31)/t20-/m0/s1. The number of aliphatic hydroxyl groups excluding tert-OH is 1. The molecular formula is C25H28N4O4S2. The number of anilines is 1. The van der Waals surface area contributed by atoms with E-state index in [2.05, 4.69) is 20.9 Å². The fourth-order valence-corrected chi connectivity index (χ4v) is 4.02. The molecule has 0 unspecified atom stereocenters. The number of nitrogens with zero attached hydrogens (tertiary/aromatic N) is 1. The lowest BCUT2D eigenvalue weighted by atomic mass is 10.1. The average molecular weight is 513 g/mol. The van der Waals surface area contributed by atoms with Crippen LogP contribution in [0.1, 0.15) is 24.8 Å². The highest BCUT2D eigenvalue weighted by Gasteiger charge is 2.22. The number of aromatic nitrogens is 1. The molecule has 10 heteroatoms. The van der Waals surface area contributed by atoms with E-state index in [0.29, 0.717) is 35.9 Å². The van der Waals surface area contributed by atoms with Gasteiger partial charge in [0.1, 0.15) is 17.6 Å². The SMILES string of the molecule is O=C(N[C@@H](CCCCNC(=S)CO)C(=O)Nc1nc(-c2ccccc2)cs1)OCc1ccccc1. The van der Waals surface area contributed by atoms with Gasteiger partial charge in [0.25, 0.3) is 0 Å². The molecule has 3 aromatic rings. The number of amides is 2. The maximum absolute atomic E-state index is 13.0. The molecule has 0 spiro atoms. The first-order valence-electron chi connectivity index (χ1n) is 11.2. The van der Waals surface area contributed by atoms with Gasteiger partial charge in [-0.25, -0.2) is 9.78 Å². The third-order valence-electron chi connectivity index (χ3n) is 5.01. The lowest BCUT2D eigenvalue weighted by molar-refractivity contribution is -0.118. The number of carbonyl (C=O) groups excluding carboxylic acids is 2. The number of alkyl carbamates (subject to hydrolysis) is 1. The minimum Gasteiger partial charge on any atom is -0.445 e. The van der Waals surface area contributed by atoms with Crippen molar-refractivity contribution in [2.24, 2.45) is 0 Å². The number of carbonyl (C=O) groups is 2. The van der Waals surface area contributed by atoms with Gasteiger partial charge in [-0.15, -0.1) is 11.3 Å². The van der Waals surface area contributed by atoms with Crippen molar-refractivity contribution in [2.75, 3.05) is 18.5 Å². The lowest BCUT2D eigenvalue weighted by Gasteiger charge is -2.18. The van der Waals surface area contributed by atoms with E-state index in [1.54, 1.807) is 0 Å². The maximum atomic E-state index is 13.0. The Labute approximate surface area is 213 Å². The van der Waals surface area contributed by atoms with Crippen molar-refractivity contribution in [2.45, 2.75) is 31.9 Å². The predicted molar refractivity (Wildman–Crippen MR) is 141 cm³/mol. The van der Waals surface area contributed by atoms with Crippen molar-refractivity contribution < 1.29 is 19.4 Å². The molecule has 0 aliphatic carbocycles. The number of unbranched alkanes of at least 4 members (excludes halogenated alkanes) is 1. The first-order chi connectivity index (χ1) is 17.0. The van der Waals surface area contributed by atoms with Crippen molar-refractivity contribution in [3.8, 4) is 11.3 Å². The monoisotopic (exact) mass is 512 g/mol. The van der Waals surface area contributed by atoms with Gasteiger partial charge < -0.3 is 25.8 Å². The van der Waals surface area contributed by atoms with Gasteiger partial charge in [-0.2, -0.15) is 0 Å². The zero-order valence-corrected chi connectivity index (χ0v) is 20.7. The van der Waals surface area contributed by atoms with Crippen LogP contribution < -0.4 is 16.0 Å². The molecule has 2 aromatic carbocycles. The van der Waals surface area contributed by atoms with Gasteiger partial charge in [-0.05, 0) is 24.8 Å². The van der Waals surface area contributed by atoms with Crippen LogP contribution in [0.2, 0.25) is 0 Å². The molecule has 0 fully saturated rings. The van der Waals surface area contributed by atoms with E-state index >= 15 is 0 Å². The number of hydrogen-bond donors (Lipinski definition) is 4. The number of aliphatic hydroxyl groups is 1.